The lowest BCUT2D eigenvalue weighted by atomic mass is 10.1. The highest BCUT2D eigenvalue weighted by Crippen LogP contribution is 2.38. The number of thioether (sulfide) groups is 1. The zero-order valence-electron chi connectivity index (χ0n) is 14.4. The zero-order chi connectivity index (χ0) is 18.0. The minimum Gasteiger partial charge on any atom is -0.493 e. The van der Waals surface area contributed by atoms with Gasteiger partial charge in [0.05, 0.1) is 30.5 Å². The van der Waals surface area contributed by atoms with Gasteiger partial charge in [-0.15, -0.1) is 0 Å². The summed E-state index contributed by atoms with van der Waals surface area (Å²) >= 11 is 7.91. The Morgan fingerprint density at radius 1 is 1.36 bits per heavy atom. The number of ether oxygens (including phenoxy) is 2. The van der Waals surface area contributed by atoms with E-state index in [1.807, 2.05) is 18.4 Å². The van der Waals surface area contributed by atoms with Gasteiger partial charge in [-0.1, -0.05) is 29.4 Å². The Morgan fingerprint density at radius 2 is 2.16 bits per heavy atom. The van der Waals surface area contributed by atoms with Crippen LogP contribution in [0.3, 0.4) is 0 Å². The Hall–Kier alpha value is -1.70. The minimum absolute atomic E-state index is 0.0579. The molecule has 0 spiro atoms. The Bertz CT molecular complexity index is 841. The number of nitrogens with one attached hydrogen (secondary N) is 1. The number of H-pyrrole nitrogens is 1. The number of halogens is 1. The van der Waals surface area contributed by atoms with Crippen molar-refractivity contribution in [3.63, 3.8) is 0 Å². The second kappa shape index (κ2) is 7.68. The van der Waals surface area contributed by atoms with E-state index >= 15 is 0 Å². The fraction of sp³-hybridized carbons (Fsp3) is 0.412. The summed E-state index contributed by atoms with van der Waals surface area (Å²) in [6.45, 7) is 2.00. The maximum atomic E-state index is 12.3. The zero-order valence-corrected chi connectivity index (χ0v) is 16.0. The van der Waals surface area contributed by atoms with Crippen molar-refractivity contribution in [2.24, 2.45) is 0 Å². The van der Waals surface area contributed by atoms with E-state index in [1.54, 1.807) is 14.2 Å². The van der Waals surface area contributed by atoms with E-state index in [9.17, 15) is 4.79 Å². The number of nitrogens with zero attached hydrogens (tertiary/aromatic N) is 2. The first-order chi connectivity index (χ1) is 12.1. The van der Waals surface area contributed by atoms with Crippen molar-refractivity contribution in [2.75, 3.05) is 27.0 Å². The Balaban J connectivity index is 1.83. The van der Waals surface area contributed by atoms with Crippen LogP contribution in [-0.2, 0) is 19.5 Å². The van der Waals surface area contributed by atoms with Crippen LogP contribution in [-0.4, -0.2) is 41.9 Å². The van der Waals surface area contributed by atoms with Gasteiger partial charge in [0, 0.05) is 26.1 Å². The van der Waals surface area contributed by atoms with Gasteiger partial charge in [-0.05, 0) is 17.9 Å². The van der Waals surface area contributed by atoms with Gasteiger partial charge in [0.1, 0.15) is 0 Å². The fourth-order valence-electron chi connectivity index (χ4n) is 2.98. The van der Waals surface area contributed by atoms with Crippen molar-refractivity contribution in [1.82, 2.24) is 14.9 Å². The Morgan fingerprint density at radius 3 is 2.84 bits per heavy atom. The molecule has 1 aliphatic rings. The van der Waals surface area contributed by atoms with E-state index in [2.05, 4.69) is 14.9 Å². The van der Waals surface area contributed by atoms with Gasteiger partial charge in [0.2, 0.25) is 0 Å². The molecule has 3 rings (SSSR count). The molecule has 0 bridgehead atoms. The van der Waals surface area contributed by atoms with Crippen LogP contribution in [0.25, 0.3) is 0 Å². The van der Waals surface area contributed by atoms with Gasteiger partial charge in [-0.3, -0.25) is 9.69 Å². The normalized spacial score (nSPS) is 14.2. The highest BCUT2D eigenvalue weighted by Gasteiger charge is 2.23. The predicted molar refractivity (Wildman–Crippen MR) is 99.0 cm³/mol. The summed E-state index contributed by atoms with van der Waals surface area (Å²) in [7, 11) is 3.15. The molecule has 25 heavy (non-hydrogen) atoms. The smallest absolute Gasteiger partial charge is 0.256 e. The van der Waals surface area contributed by atoms with Crippen molar-refractivity contribution >= 4 is 23.4 Å². The minimum atomic E-state index is -0.0579. The van der Waals surface area contributed by atoms with E-state index in [1.165, 1.54) is 11.8 Å². The van der Waals surface area contributed by atoms with Gasteiger partial charge < -0.3 is 14.5 Å². The number of aromatic nitrogens is 2. The number of hydrogen-bond acceptors (Lipinski definition) is 6. The van der Waals surface area contributed by atoms with Gasteiger partial charge in [0.15, 0.2) is 16.7 Å². The SMILES string of the molecule is COc1ccc(CN2CCc3nc(SC)[nH]c(=O)c3C2)c(Cl)c1OC. The molecule has 0 unspecified atom stereocenters. The molecule has 0 saturated heterocycles. The molecule has 1 aromatic heterocycles. The molecule has 0 amide bonds. The molecule has 0 aliphatic carbocycles. The highest BCUT2D eigenvalue weighted by molar-refractivity contribution is 7.98. The molecule has 2 aromatic rings. The summed E-state index contributed by atoms with van der Waals surface area (Å²) in [4.78, 5) is 21.8. The average molecular weight is 382 g/mol. The van der Waals surface area contributed by atoms with Crippen molar-refractivity contribution in [3.8, 4) is 11.5 Å². The largest absolute Gasteiger partial charge is 0.493 e. The topological polar surface area (TPSA) is 67.5 Å². The molecule has 8 heteroatoms. The summed E-state index contributed by atoms with van der Waals surface area (Å²) in [5.74, 6) is 1.13. The second-order valence-corrected chi connectivity index (χ2v) is 6.91. The van der Waals surface area contributed by atoms with E-state index in [0.717, 1.165) is 29.8 Å². The third-order valence-corrected chi connectivity index (χ3v) is 5.27. The number of fused-ring (bicyclic) bond motifs is 1. The fourth-order valence-corrected chi connectivity index (χ4v) is 3.67. The third kappa shape index (κ3) is 3.63. The maximum absolute atomic E-state index is 12.3. The molecule has 2 heterocycles. The predicted octanol–water partition coefficient (Wildman–Crippen LogP) is 2.72. The molecule has 0 atom stereocenters. The van der Waals surface area contributed by atoms with Crippen molar-refractivity contribution in [2.45, 2.75) is 24.7 Å². The van der Waals surface area contributed by atoms with E-state index < -0.39 is 0 Å². The average Bonchev–Trinajstić information content (AvgIpc) is 2.63. The van der Waals surface area contributed by atoms with Crippen LogP contribution in [0.4, 0.5) is 0 Å². The van der Waals surface area contributed by atoms with Crippen LogP contribution in [0.1, 0.15) is 16.8 Å². The number of benzene rings is 1. The van der Waals surface area contributed by atoms with E-state index in [4.69, 9.17) is 21.1 Å². The van der Waals surface area contributed by atoms with Gasteiger partial charge in [-0.2, -0.15) is 0 Å². The van der Waals surface area contributed by atoms with Crippen LogP contribution >= 0.6 is 23.4 Å². The van der Waals surface area contributed by atoms with Crippen molar-refractivity contribution in [1.29, 1.82) is 0 Å². The van der Waals surface area contributed by atoms with Gasteiger partial charge in [-0.25, -0.2) is 4.98 Å². The monoisotopic (exact) mass is 381 g/mol. The van der Waals surface area contributed by atoms with Crippen molar-refractivity contribution < 1.29 is 9.47 Å². The summed E-state index contributed by atoms with van der Waals surface area (Å²) in [6.07, 6.45) is 2.65. The first kappa shape index (κ1) is 18.1. The molecule has 0 saturated carbocycles. The molecule has 1 aromatic carbocycles. The van der Waals surface area contributed by atoms with E-state index in [-0.39, 0.29) is 5.56 Å². The van der Waals surface area contributed by atoms with Crippen LogP contribution in [0.2, 0.25) is 5.02 Å². The van der Waals surface area contributed by atoms with Gasteiger partial charge >= 0.3 is 0 Å². The second-order valence-electron chi connectivity index (χ2n) is 5.74. The molecular formula is C17H20ClN3O3S. The van der Waals surface area contributed by atoms with Crippen LogP contribution < -0.4 is 15.0 Å². The van der Waals surface area contributed by atoms with Crippen LogP contribution in [0.15, 0.2) is 22.1 Å². The molecule has 1 N–H and O–H groups in total. The molecule has 1 aliphatic heterocycles. The molecule has 0 fully saturated rings. The lowest BCUT2D eigenvalue weighted by molar-refractivity contribution is 0.240. The third-order valence-electron chi connectivity index (χ3n) is 4.28. The quantitative estimate of drug-likeness (QED) is 0.634. The molecule has 134 valence electrons. The lowest BCUT2D eigenvalue weighted by Gasteiger charge is -2.28. The molecular weight excluding hydrogens is 362 g/mol. The highest BCUT2D eigenvalue weighted by atomic mass is 35.5. The first-order valence-electron chi connectivity index (χ1n) is 7.85. The number of aromatic amines is 1. The molecule has 0 radical (unpaired) electrons. The molecule has 6 nitrogen and oxygen atoms in total. The van der Waals surface area contributed by atoms with E-state index in [0.29, 0.717) is 34.8 Å². The summed E-state index contributed by atoms with van der Waals surface area (Å²) in [5.41, 5.74) is 2.51. The Kier molecular flexibility index (Phi) is 5.56. The lowest BCUT2D eigenvalue weighted by Crippen LogP contribution is -2.35. The number of rotatable bonds is 5. The van der Waals surface area contributed by atoms with Crippen LogP contribution in [0.5, 0.6) is 11.5 Å². The summed E-state index contributed by atoms with van der Waals surface area (Å²) in [5, 5.41) is 1.21. The number of methoxy groups -OCH3 is 2. The van der Waals surface area contributed by atoms with Crippen molar-refractivity contribution in [3.05, 3.63) is 44.3 Å². The Labute approximate surface area is 155 Å². The summed E-state index contributed by atoms with van der Waals surface area (Å²) < 4.78 is 10.6. The van der Waals surface area contributed by atoms with Gasteiger partial charge in [0.25, 0.3) is 5.56 Å². The first-order valence-corrected chi connectivity index (χ1v) is 9.45. The standard InChI is InChI=1S/C17H20ClN3O3S/c1-23-13-5-4-10(14(18)15(13)24-2)8-21-7-6-12-11(9-21)16(22)20-17(19-12)25-3/h4-5H,6-9H2,1-3H3,(H,19,20,22). The summed E-state index contributed by atoms with van der Waals surface area (Å²) in [6, 6.07) is 3.77. The van der Waals surface area contributed by atoms with Crippen LogP contribution in [0, 0.1) is 0 Å². The number of hydrogen-bond donors (Lipinski definition) is 1. The maximum Gasteiger partial charge on any atom is 0.256 e.